The fourth-order valence-electron chi connectivity index (χ4n) is 1.13. The minimum atomic E-state index is 0.120. The van der Waals surface area contributed by atoms with Crippen molar-refractivity contribution in [3.63, 3.8) is 0 Å². The van der Waals surface area contributed by atoms with Gasteiger partial charge in [0.25, 0.3) is 0 Å². The minimum Gasteiger partial charge on any atom is -0.261 e. The van der Waals surface area contributed by atoms with Crippen LogP contribution in [0.1, 0.15) is 34.6 Å². The molecule has 0 atom stereocenters. The third-order valence-electron chi connectivity index (χ3n) is 1.97. The fraction of sp³-hybridized carbons (Fsp3) is 0.467. The van der Waals surface area contributed by atoms with Crippen molar-refractivity contribution < 1.29 is 0 Å². The van der Waals surface area contributed by atoms with E-state index in [1.54, 1.807) is 0 Å². The van der Waals surface area contributed by atoms with Crippen molar-refractivity contribution in [2.45, 2.75) is 34.6 Å². The van der Waals surface area contributed by atoms with Crippen LogP contribution in [0.3, 0.4) is 0 Å². The topological polar surface area (TPSA) is 24.7 Å². The molecule has 92 valence electrons. The Bertz CT molecular complexity index is 392. The van der Waals surface area contributed by atoms with E-state index in [0.29, 0.717) is 5.92 Å². The van der Waals surface area contributed by atoms with Crippen LogP contribution in [0.5, 0.6) is 0 Å². The zero-order chi connectivity index (χ0) is 12.9. The van der Waals surface area contributed by atoms with Gasteiger partial charge in [-0.1, -0.05) is 34.6 Å². The molecule has 2 nitrogen and oxygen atoms in total. The van der Waals surface area contributed by atoms with E-state index >= 15 is 0 Å². The van der Waals surface area contributed by atoms with Gasteiger partial charge >= 0.3 is 0 Å². The highest BCUT2D eigenvalue weighted by Crippen LogP contribution is 2.20. The van der Waals surface area contributed by atoms with Crippen LogP contribution in [0.4, 0.5) is 11.4 Å². The first-order valence-electron chi connectivity index (χ1n) is 6.06. The van der Waals surface area contributed by atoms with Crippen molar-refractivity contribution in [2.24, 2.45) is 21.3 Å². The first-order valence-corrected chi connectivity index (χ1v) is 6.06. The summed E-state index contributed by atoms with van der Waals surface area (Å²) >= 11 is 0. The maximum Gasteiger partial charge on any atom is 0.0627 e. The minimum absolute atomic E-state index is 0.120. The number of nitrogens with zero attached hydrogens (tertiary/aromatic N) is 2. The monoisotopic (exact) mass is 230 g/mol. The van der Waals surface area contributed by atoms with Gasteiger partial charge in [-0.05, 0) is 35.6 Å². The normalized spacial score (nSPS) is 13.1. The van der Waals surface area contributed by atoms with Crippen molar-refractivity contribution in [2.75, 3.05) is 0 Å². The number of benzene rings is 1. The van der Waals surface area contributed by atoms with E-state index < -0.39 is 0 Å². The Labute approximate surface area is 105 Å². The maximum atomic E-state index is 4.44. The molecule has 0 N–H and O–H groups in total. The van der Waals surface area contributed by atoms with Crippen LogP contribution in [-0.4, -0.2) is 12.4 Å². The van der Waals surface area contributed by atoms with Gasteiger partial charge in [0.05, 0.1) is 11.4 Å². The molecule has 0 fully saturated rings. The highest BCUT2D eigenvalue weighted by Gasteiger charge is 2.04. The summed E-state index contributed by atoms with van der Waals surface area (Å²) in [6, 6.07) is 7.98. The summed E-state index contributed by atoms with van der Waals surface area (Å²) in [4.78, 5) is 8.82. The molecule has 0 bridgehead atoms. The van der Waals surface area contributed by atoms with Crippen LogP contribution in [0.15, 0.2) is 34.3 Å². The molecular formula is C15H22N2. The summed E-state index contributed by atoms with van der Waals surface area (Å²) in [6.07, 6.45) is 3.92. The van der Waals surface area contributed by atoms with Crippen LogP contribution in [0.25, 0.3) is 0 Å². The first kappa shape index (κ1) is 13.6. The van der Waals surface area contributed by atoms with Crippen LogP contribution >= 0.6 is 0 Å². The Morgan fingerprint density at radius 3 is 1.82 bits per heavy atom. The lowest BCUT2D eigenvalue weighted by atomic mass is 9.99. The number of hydrogen-bond acceptors (Lipinski definition) is 2. The van der Waals surface area contributed by atoms with Gasteiger partial charge in [0.15, 0.2) is 0 Å². The third-order valence-corrected chi connectivity index (χ3v) is 1.97. The van der Waals surface area contributed by atoms with Gasteiger partial charge in [0, 0.05) is 12.4 Å². The second-order valence-corrected chi connectivity index (χ2v) is 5.66. The molecule has 0 spiro atoms. The molecule has 1 aromatic carbocycles. The van der Waals surface area contributed by atoms with Gasteiger partial charge < -0.3 is 0 Å². The standard InChI is InChI=1S/C15H22N2/c1-12(2)10-16-13-6-8-14(9-7-13)17-11-15(3,4)5/h6-12H,1-5H3/b16-10+,17-11+. The molecule has 1 aromatic rings. The SMILES string of the molecule is CC(C)/C=N/c1ccc(/N=C/C(C)(C)C)cc1. The van der Waals surface area contributed by atoms with Crippen molar-refractivity contribution in [1.82, 2.24) is 0 Å². The highest BCUT2D eigenvalue weighted by molar-refractivity contribution is 5.69. The van der Waals surface area contributed by atoms with Gasteiger partial charge in [0.1, 0.15) is 0 Å². The Morgan fingerprint density at radius 2 is 1.41 bits per heavy atom. The lowest BCUT2D eigenvalue weighted by Crippen LogP contribution is -2.05. The van der Waals surface area contributed by atoms with Gasteiger partial charge in [-0.3, -0.25) is 9.98 Å². The Kier molecular flexibility index (Phi) is 4.62. The van der Waals surface area contributed by atoms with Crippen molar-refractivity contribution in [1.29, 1.82) is 0 Å². The molecule has 0 aliphatic heterocycles. The van der Waals surface area contributed by atoms with Gasteiger partial charge in [-0.25, -0.2) is 0 Å². The van der Waals surface area contributed by atoms with Gasteiger partial charge in [-0.2, -0.15) is 0 Å². The summed E-state index contributed by atoms with van der Waals surface area (Å²) in [5, 5.41) is 0. The molecule has 0 aromatic heterocycles. The van der Waals surface area contributed by atoms with Crippen LogP contribution in [-0.2, 0) is 0 Å². The molecule has 0 aliphatic rings. The predicted molar refractivity (Wildman–Crippen MR) is 77.0 cm³/mol. The number of hydrogen-bond donors (Lipinski definition) is 0. The van der Waals surface area contributed by atoms with Gasteiger partial charge in [-0.15, -0.1) is 0 Å². The molecule has 0 saturated carbocycles. The summed E-state index contributed by atoms with van der Waals surface area (Å²) in [7, 11) is 0. The quantitative estimate of drug-likeness (QED) is 0.667. The molecule has 0 radical (unpaired) electrons. The van der Waals surface area contributed by atoms with Crippen molar-refractivity contribution >= 4 is 23.8 Å². The second kappa shape index (κ2) is 5.76. The first-order chi connectivity index (χ1) is 7.87. The zero-order valence-electron chi connectivity index (χ0n) is 11.4. The molecule has 0 saturated heterocycles. The van der Waals surface area contributed by atoms with Crippen LogP contribution in [0, 0.1) is 11.3 Å². The van der Waals surface area contributed by atoms with E-state index in [-0.39, 0.29) is 5.41 Å². The van der Waals surface area contributed by atoms with E-state index in [9.17, 15) is 0 Å². The third kappa shape index (κ3) is 6.00. The molecular weight excluding hydrogens is 208 g/mol. The summed E-state index contributed by atoms with van der Waals surface area (Å²) in [6.45, 7) is 10.6. The molecule has 0 amide bonds. The smallest absolute Gasteiger partial charge is 0.0627 e. The van der Waals surface area contributed by atoms with E-state index in [1.165, 1.54) is 0 Å². The van der Waals surface area contributed by atoms with E-state index in [2.05, 4.69) is 44.6 Å². The lowest BCUT2D eigenvalue weighted by Gasteiger charge is -2.09. The molecule has 0 heterocycles. The fourth-order valence-corrected chi connectivity index (χ4v) is 1.13. The van der Waals surface area contributed by atoms with E-state index in [1.807, 2.05) is 36.7 Å². The molecule has 17 heavy (non-hydrogen) atoms. The average molecular weight is 230 g/mol. The average Bonchev–Trinajstić information content (AvgIpc) is 2.24. The van der Waals surface area contributed by atoms with Gasteiger partial charge in [0.2, 0.25) is 0 Å². The summed E-state index contributed by atoms with van der Waals surface area (Å²) < 4.78 is 0. The molecule has 2 heteroatoms. The maximum absolute atomic E-state index is 4.44. The predicted octanol–water partition coefficient (Wildman–Crippen LogP) is 4.79. The molecule has 0 aliphatic carbocycles. The highest BCUT2D eigenvalue weighted by atomic mass is 14.7. The summed E-state index contributed by atoms with van der Waals surface area (Å²) in [5.41, 5.74) is 2.07. The second-order valence-electron chi connectivity index (χ2n) is 5.66. The lowest BCUT2D eigenvalue weighted by molar-refractivity contribution is 0.607. The Balaban J connectivity index is 2.72. The van der Waals surface area contributed by atoms with Crippen molar-refractivity contribution in [3.05, 3.63) is 24.3 Å². The zero-order valence-corrected chi connectivity index (χ0v) is 11.4. The Morgan fingerprint density at radius 1 is 0.941 bits per heavy atom. The number of rotatable bonds is 3. The molecule has 1 rings (SSSR count). The summed E-state index contributed by atoms with van der Waals surface area (Å²) in [5.74, 6) is 0.480. The Hall–Kier alpha value is -1.44. The van der Waals surface area contributed by atoms with Crippen LogP contribution < -0.4 is 0 Å². The van der Waals surface area contributed by atoms with Crippen molar-refractivity contribution in [3.8, 4) is 0 Å². The largest absolute Gasteiger partial charge is 0.261 e. The number of aliphatic imine (C=N–C) groups is 2. The van der Waals surface area contributed by atoms with E-state index in [0.717, 1.165) is 11.4 Å². The molecule has 0 unspecified atom stereocenters. The van der Waals surface area contributed by atoms with Crippen LogP contribution in [0.2, 0.25) is 0 Å². The van der Waals surface area contributed by atoms with E-state index in [4.69, 9.17) is 0 Å².